The molecule has 0 aliphatic rings. The van der Waals surface area contributed by atoms with E-state index in [2.05, 4.69) is 10.3 Å². The minimum atomic E-state index is -0.481. The number of rotatable bonds is 5. The van der Waals surface area contributed by atoms with Crippen LogP contribution in [0.3, 0.4) is 0 Å². The number of anilines is 1. The number of carbonyl (C=O) groups excluding carboxylic acids is 1. The van der Waals surface area contributed by atoms with Gasteiger partial charge in [-0.1, -0.05) is 24.3 Å². The molecule has 0 saturated heterocycles. The van der Waals surface area contributed by atoms with Crippen molar-refractivity contribution in [1.82, 2.24) is 4.98 Å². The summed E-state index contributed by atoms with van der Waals surface area (Å²) >= 11 is 0. The number of fused-ring (bicyclic) bond motifs is 1. The summed E-state index contributed by atoms with van der Waals surface area (Å²) in [5.74, 6) is 0.101. The zero-order valence-electron chi connectivity index (χ0n) is 14.4. The van der Waals surface area contributed by atoms with Crippen molar-refractivity contribution in [3.05, 3.63) is 69.9 Å². The Morgan fingerprint density at radius 3 is 2.77 bits per heavy atom. The van der Waals surface area contributed by atoms with E-state index in [9.17, 15) is 14.9 Å². The number of amides is 1. The first-order valence-electron chi connectivity index (χ1n) is 7.98. The monoisotopic (exact) mass is 351 g/mol. The van der Waals surface area contributed by atoms with E-state index >= 15 is 0 Å². The minimum Gasteiger partial charge on any atom is -0.481 e. The summed E-state index contributed by atoms with van der Waals surface area (Å²) < 4.78 is 5.60. The maximum absolute atomic E-state index is 12.1. The van der Waals surface area contributed by atoms with Crippen molar-refractivity contribution in [2.24, 2.45) is 0 Å². The molecular formula is C19H17N3O4. The van der Waals surface area contributed by atoms with Crippen molar-refractivity contribution in [3.63, 3.8) is 0 Å². The van der Waals surface area contributed by atoms with Gasteiger partial charge in [-0.25, -0.2) is 4.98 Å². The molecule has 3 rings (SSSR count). The van der Waals surface area contributed by atoms with Crippen molar-refractivity contribution >= 4 is 28.2 Å². The molecule has 0 saturated carbocycles. The molecule has 1 N–H and O–H groups in total. The Balaban J connectivity index is 1.71. The normalized spacial score (nSPS) is 10.5. The summed E-state index contributed by atoms with van der Waals surface area (Å²) in [5.41, 5.74) is 2.37. The van der Waals surface area contributed by atoms with Gasteiger partial charge in [-0.15, -0.1) is 0 Å². The van der Waals surface area contributed by atoms with E-state index < -0.39 is 10.8 Å². The third-order valence-electron chi connectivity index (χ3n) is 3.87. The number of para-hydroxylation sites is 1. The van der Waals surface area contributed by atoms with Crippen LogP contribution >= 0.6 is 0 Å². The van der Waals surface area contributed by atoms with Gasteiger partial charge in [0, 0.05) is 28.4 Å². The van der Waals surface area contributed by atoms with Crippen LogP contribution < -0.4 is 10.1 Å². The zero-order valence-corrected chi connectivity index (χ0v) is 14.4. The number of carbonyl (C=O) groups is 1. The van der Waals surface area contributed by atoms with Crippen LogP contribution in [0.1, 0.15) is 11.3 Å². The molecule has 3 aromatic rings. The summed E-state index contributed by atoms with van der Waals surface area (Å²) in [6.07, 6.45) is 0. The number of benzene rings is 2. The van der Waals surface area contributed by atoms with Crippen LogP contribution in [0, 0.1) is 24.0 Å². The summed E-state index contributed by atoms with van der Waals surface area (Å²) in [4.78, 5) is 27.1. The second-order valence-electron chi connectivity index (χ2n) is 5.88. The lowest BCUT2D eigenvalue weighted by atomic mass is 10.2. The number of nitro groups is 1. The lowest BCUT2D eigenvalue weighted by Crippen LogP contribution is -2.20. The maximum atomic E-state index is 12.1. The molecule has 0 aliphatic heterocycles. The Bertz CT molecular complexity index is 1000. The summed E-state index contributed by atoms with van der Waals surface area (Å²) in [6.45, 7) is 3.30. The fraction of sp³-hybridized carbons (Fsp3) is 0.158. The van der Waals surface area contributed by atoms with E-state index in [1.165, 1.54) is 6.07 Å². The van der Waals surface area contributed by atoms with Gasteiger partial charge < -0.3 is 10.1 Å². The molecule has 1 heterocycles. The third kappa shape index (κ3) is 3.77. The van der Waals surface area contributed by atoms with Gasteiger partial charge in [0.2, 0.25) is 0 Å². The molecule has 0 bridgehead atoms. The Hall–Kier alpha value is -3.48. The number of hydrogen-bond acceptors (Lipinski definition) is 5. The van der Waals surface area contributed by atoms with E-state index in [4.69, 9.17) is 4.74 Å². The fourth-order valence-electron chi connectivity index (χ4n) is 2.56. The Morgan fingerprint density at radius 1 is 1.19 bits per heavy atom. The lowest BCUT2D eigenvalue weighted by Gasteiger charge is -2.10. The molecule has 0 spiro atoms. The standard InChI is InChI=1S/C19H17N3O4/c1-12-6-9-15(10-16(12)22(24)25)21-18(23)11-26-17-5-3-4-14-8-7-13(2)20-19(14)17/h3-10H,11H2,1-2H3,(H,21,23). The van der Waals surface area contributed by atoms with Gasteiger partial charge in [0.1, 0.15) is 11.3 Å². The average molecular weight is 351 g/mol. The van der Waals surface area contributed by atoms with Gasteiger partial charge in [-0.3, -0.25) is 14.9 Å². The molecule has 1 amide bonds. The largest absolute Gasteiger partial charge is 0.481 e. The van der Waals surface area contributed by atoms with E-state index in [1.54, 1.807) is 25.1 Å². The number of nitrogens with zero attached hydrogens (tertiary/aromatic N) is 2. The van der Waals surface area contributed by atoms with Crippen molar-refractivity contribution < 1.29 is 14.5 Å². The maximum Gasteiger partial charge on any atom is 0.274 e. The van der Waals surface area contributed by atoms with Crippen LogP contribution in [0.5, 0.6) is 5.75 Å². The highest BCUT2D eigenvalue weighted by molar-refractivity contribution is 5.92. The van der Waals surface area contributed by atoms with E-state index in [1.807, 2.05) is 31.2 Å². The Labute approximate surface area is 149 Å². The molecule has 7 nitrogen and oxygen atoms in total. The number of pyridine rings is 1. The van der Waals surface area contributed by atoms with Crippen molar-refractivity contribution in [2.75, 3.05) is 11.9 Å². The van der Waals surface area contributed by atoms with E-state index in [0.717, 1.165) is 11.1 Å². The van der Waals surface area contributed by atoms with E-state index in [0.29, 0.717) is 22.5 Å². The third-order valence-corrected chi connectivity index (χ3v) is 3.87. The van der Waals surface area contributed by atoms with Crippen molar-refractivity contribution in [1.29, 1.82) is 0 Å². The van der Waals surface area contributed by atoms with Crippen LogP contribution in [0.25, 0.3) is 10.9 Å². The van der Waals surface area contributed by atoms with Crippen molar-refractivity contribution in [2.45, 2.75) is 13.8 Å². The number of aryl methyl sites for hydroxylation is 2. The predicted octanol–water partition coefficient (Wildman–Crippen LogP) is 3.78. The van der Waals surface area contributed by atoms with E-state index in [-0.39, 0.29) is 12.3 Å². The van der Waals surface area contributed by atoms with Gasteiger partial charge >= 0.3 is 0 Å². The van der Waals surface area contributed by atoms with Crippen LogP contribution in [0.2, 0.25) is 0 Å². The molecule has 7 heteroatoms. The number of ether oxygens (including phenoxy) is 1. The molecule has 0 unspecified atom stereocenters. The Kier molecular flexibility index (Phi) is 4.79. The first kappa shape index (κ1) is 17.3. The smallest absolute Gasteiger partial charge is 0.274 e. The van der Waals surface area contributed by atoms with Gasteiger partial charge in [-0.05, 0) is 32.0 Å². The highest BCUT2D eigenvalue weighted by Crippen LogP contribution is 2.24. The number of hydrogen-bond donors (Lipinski definition) is 1. The molecule has 2 aromatic carbocycles. The lowest BCUT2D eigenvalue weighted by molar-refractivity contribution is -0.385. The molecular weight excluding hydrogens is 334 g/mol. The molecule has 0 radical (unpaired) electrons. The first-order valence-corrected chi connectivity index (χ1v) is 7.98. The molecule has 132 valence electrons. The SMILES string of the molecule is Cc1ccc2cccc(OCC(=O)Nc3ccc(C)c([N+](=O)[O-])c3)c2n1. The number of nitrogens with one attached hydrogen (secondary N) is 1. The minimum absolute atomic E-state index is 0.0440. The highest BCUT2D eigenvalue weighted by Gasteiger charge is 2.13. The number of nitro benzene ring substituents is 1. The van der Waals surface area contributed by atoms with Crippen LogP contribution in [0.15, 0.2) is 48.5 Å². The molecule has 26 heavy (non-hydrogen) atoms. The quantitative estimate of drug-likeness (QED) is 0.558. The highest BCUT2D eigenvalue weighted by atomic mass is 16.6. The zero-order chi connectivity index (χ0) is 18.7. The van der Waals surface area contributed by atoms with Crippen LogP contribution in [-0.4, -0.2) is 22.4 Å². The van der Waals surface area contributed by atoms with Gasteiger partial charge in [0.25, 0.3) is 11.6 Å². The van der Waals surface area contributed by atoms with Crippen molar-refractivity contribution in [3.8, 4) is 5.75 Å². The van der Waals surface area contributed by atoms with Gasteiger partial charge in [-0.2, -0.15) is 0 Å². The molecule has 0 fully saturated rings. The Morgan fingerprint density at radius 2 is 2.00 bits per heavy atom. The topological polar surface area (TPSA) is 94.4 Å². The summed E-state index contributed by atoms with van der Waals surface area (Å²) in [7, 11) is 0. The molecule has 0 atom stereocenters. The average Bonchev–Trinajstić information content (AvgIpc) is 2.61. The van der Waals surface area contributed by atoms with Gasteiger partial charge in [0.15, 0.2) is 6.61 Å². The molecule has 0 aliphatic carbocycles. The van der Waals surface area contributed by atoms with Crippen LogP contribution in [0.4, 0.5) is 11.4 Å². The second kappa shape index (κ2) is 7.18. The predicted molar refractivity (Wildman–Crippen MR) is 98.4 cm³/mol. The molecule has 1 aromatic heterocycles. The number of aromatic nitrogens is 1. The summed E-state index contributed by atoms with van der Waals surface area (Å²) in [6, 6.07) is 13.9. The second-order valence-corrected chi connectivity index (χ2v) is 5.88. The summed E-state index contributed by atoms with van der Waals surface area (Å²) in [5, 5.41) is 14.5. The van der Waals surface area contributed by atoms with Gasteiger partial charge in [0.05, 0.1) is 4.92 Å². The fourth-order valence-corrected chi connectivity index (χ4v) is 2.56. The van der Waals surface area contributed by atoms with Crippen LogP contribution in [-0.2, 0) is 4.79 Å². The first-order chi connectivity index (χ1) is 12.4.